The fourth-order valence-electron chi connectivity index (χ4n) is 7.28. The van der Waals surface area contributed by atoms with Crippen LogP contribution >= 0.6 is 11.6 Å². The number of rotatable bonds is 12. The molecule has 0 saturated heterocycles. The van der Waals surface area contributed by atoms with Crippen molar-refractivity contribution < 1.29 is 27.5 Å². The third-order valence-electron chi connectivity index (χ3n) is 10.0. The van der Waals surface area contributed by atoms with E-state index in [0.717, 1.165) is 70.7 Å². The van der Waals surface area contributed by atoms with E-state index < -0.39 is 22.0 Å². The summed E-state index contributed by atoms with van der Waals surface area (Å²) in [5, 5.41) is 5.45. The average Bonchev–Trinajstić information content (AvgIpc) is 3.83. The van der Waals surface area contributed by atoms with Crippen LogP contribution in [0.1, 0.15) is 77.2 Å². The fraction of sp³-hybridized carbons (Fsp3) is 0.262. The van der Waals surface area contributed by atoms with Crippen molar-refractivity contribution in [1.29, 1.82) is 0 Å². The SMILES string of the molecule is COc1cc(C(=O)NS(=O)(=O)c2ccccc2C)ccc1C(CCCc1ccc2ccc(Cl)cc2n1)c1c[nH]c2ccc(NC(=O)OC3CCCC3)cc12. The predicted octanol–water partition coefficient (Wildman–Crippen LogP) is 9.45. The molecule has 0 bridgehead atoms. The Kier molecular flexibility index (Phi) is 10.9. The molecule has 12 heteroatoms. The van der Waals surface area contributed by atoms with Gasteiger partial charge in [-0.1, -0.05) is 48.0 Å². The number of sulfonamides is 1. The van der Waals surface area contributed by atoms with E-state index in [1.165, 1.54) is 13.2 Å². The smallest absolute Gasteiger partial charge is 0.411 e. The number of H-pyrrole nitrogens is 1. The maximum atomic E-state index is 13.4. The summed E-state index contributed by atoms with van der Waals surface area (Å²) in [7, 11) is -2.59. The van der Waals surface area contributed by atoms with Crippen molar-refractivity contribution in [1.82, 2.24) is 14.7 Å². The van der Waals surface area contributed by atoms with Crippen molar-refractivity contribution in [2.75, 3.05) is 12.4 Å². The molecule has 3 N–H and O–H groups in total. The first-order valence-corrected chi connectivity index (χ1v) is 19.9. The molecule has 1 fully saturated rings. The molecule has 2 heterocycles. The molecule has 7 rings (SSSR count). The van der Waals surface area contributed by atoms with Crippen LogP contribution in [0.15, 0.2) is 102 Å². The van der Waals surface area contributed by atoms with Crippen molar-refractivity contribution in [3.05, 3.63) is 130 Å². The summed E-state index contributed by atoms with van der Waals surface area (Å²) in [5.74, 6) is -0.560. The Labute approximate surface area is 319 Å². The molecule has 1 unspecified atom stereocenters. The van der Waals surface area contributed by atoms with Gasteiger partial charge in [0.25, 0.3) is 15.9 Å². The van der Waals surface area contributed by atoms with Crippen LogP contribution in [-0.4, -0.2) is 43.6 Å². The minimum atomic E-state index is -4.12. The van der Waals surface area contributed by atoms with Gasteiger partial charge in [0, 0.05) is 55.9 Å². The van der Waals surface area contributed by atoms with Crippen LogP contribution in [0.25, 0.3) is 21.8 Å². The summed E-state index contributed by atoms with van der Waals surface area (Å²) in [6, 6.07) is 26.9. The Bertz CT molecular complexity index is 2460. The zero-order chi connectivity index (χ0) is 37.8. The van der Waals surface area contributed by atoms with Crippen molar-refractivity contribution in [2.24, 2.45) is 0 Å². The van der Waals surface area contributed by atoms with Crippen LogP contribution in [0.5, 0.6) is 5.75 Å². The second kappa shape index (κ2) is 15.9. The quantitative estimate of drug-likeness (QED) is 0.113. The number of amides is 2. The Balaban J connectivity index is 1.19. The first-order valence-electron chi connectivity index (χ1n) is 18.0. The molecule has 1 aliphatic rings. The van der Waals surface area contributed by atoms with Crippen LogP contribution in [0.2, 0.25) is 5.02 Å². The molecule has 2 amide bonds. The van der Waals surface area contributed by atoms with Crippen molar-refractivity contribution in [2.45, 2.75) is 68.8 Å². The molecule has 278 valence electrons. The van der Waals surface area contributed by atoms with Crippen LogP contribution in [0.3, 0.4) is 0 Å². The number of carbonyl (C=O) groups excluding carboxylic acids is 2. The number of hydrogen-bond donors (Lipinski definition) is 3. The number of pyridine rings is 1. The first kappa shape index (κ1) is 36.9. The van der Waals surface area contributed by atoms with Gasteiger partial charge < -0.3 is 14.5 Å². The zero-order valence-corrected chi connectivity index (χ0v) is 31.6. The zero-order valence-electron chi connectivity index (χ0n) is 30.0. The third-order valence-corrected chi connectivity index (χ3v) is 11.8. The average molecular weight is 765 g/mol. The van der Waals surface area contributed by atoms with E-state index in [2.05, 4.69) is 15.0 Å². The summed E-state index contributed by atoms with van der Waals surface area (Å²) < 4.78 is 40.0. The van der Waals surface area contributed by atoms with E-state index in [-0.39, 0.29) is 22.5 Å². The van der Waals surface area contributed by atoms with Crippen molar-refractivity contribution in [3.63, 3.8) is 0 Å². The Morgan fingerprint density at radius 1 is 0.963 bits per heavy atom. The van der Waals surface area contributed by atoms with Gasteiger partial charge in [0.15, 0.2) is 0 Å². The van der Waals surface area contributed by atoms with Crippen LogP contribution < -0.4 is 14.8 Å². The topological polar surface area (TPSA) is 139 Å². The lowest BCUT2D eigenvalue weighted by atomic mass is 9.85. The summed E-state index contributed by atoms with van der Waals surface area (Å²) in [6.45, 7) is 1.68. The van der Waals surface area contributed by atoms with Crippen LogP contribution in [0.4, 0.5) is 10.5 Å². The highest BCUT2D eigenvalue weighted by atomic mass is 35.5. The van der Waals surface area contributed by atoms with Gasteiger partial charge in [0.1, 0.15) is 11.9 Å². The molecular formula is C42H41ClN4O6S. The summed E-state index contributed by atoms with van der Waals surface area (Å²) in [4.78, 5) is 34.4. The number of aryl methyl sites for hydroxylation is 2. The van der Waals surface area contributed by atoms with Crippen LogP contribution in [0, 0.1) is 6.92 Å². The lowest BCUT2D eigenvalue weighted by Crippen LogP contribution is -2.31. The van der Waals surface area contributed by atoms with E-state index in [1.54, 1.807) is 37.3 Å². The summed E-state index contributed by atoms with van der Waals surface area (Å²) in [6.07, 6.45) is 7.42. The molecule has 2 aromatic heterocycles. The number of benzene rings is 4. The second-order valence-electron chi connectivity index (χ2n) is 13.7. The number of anilines is 1. The van der Waals surface area contributed by atoms with Gasteiger partial charge in [-0.05, 0) is 118 Å². The van der Waals surface area contributed by atoms with Crippen molar-refractivity contribution in [3.8, 4) is 5.75 Å². The predicted molar refractivity (Wildman–Crippen MR) is 211 cm³/mol. The number of nitrogens with zero attached hydrogens (tertiary/aromatic N) is 1. The maximum Gasteiger partial charge on any atom is 0.411 e. The molecule has 6 aromatic rings. The highest BCUT2D eigenvalue weighted by molar-refractivity contribution is 7.90. The normalized spacial score (nSPS) is 13.9. The highest BCUT2D eigenvalue weighted by Gasteiger charge is 2.26. The van der Waals surface area contributed by atoms with Crippen molar-refractivity contribution >= 4 is 61.1 Å². The molecule has 0 radical (unpaired) electrons. The number of aromatic amines is 1. The standard InChI is InChI=1S/C42H41ClN4O6S/c1-26-8-3-6-13-40(26)54(50,51)47-41(48)28-16-20-34(39(22-28)52-2)33(12-7-9-30-18-15-27-14-17-29(43)23-38(27)45-30)36-25-44-37-21-19-31(24-35(36)37)46-42(49)53-32-10-4-5-11-32/h3,6,8,13-25,32-33,44H,4-5,7,9-12H2,1-2H3,(H,46,49)(H,47,48). The van der Waals surface area contributed by atoms with Gasteiger partial charge in [0.2, 0.25) is 0 Å². The number of ether oxygens (including phenoxy) is 2. The Morgan fingerprint density at radius 2 is 1.76 bits per heavy atom. The second-order valence-corrected chi connectivity index (χ2v) is 15.8. The molecule has 0 aliphatic heterocycles. The molecule has 1 aliphatic carbocycles. The number of fused-ring (bicyclic) bond motifs is 2. The van der Waals surface area contributed by atoms with Gasteiger partial charge in [0.05, 0.1) is 17.5 Å². The number of hydrogen-bond acceptors (Lipinski definition) is 7. The molecule has 4 aromatic carbocycles. The number of methoxy groups -OCH3 is 1. The number of halogens is 1. The van der Waals surface area contributed by atoms with E-state index in [4.69, 9.17) is 26.1 Å². The van der Waals surface area contributed by atoms with Gasteiger partial charge in [-0.2, -0.15) is 0 Å². The van der Waals surface area contributed by atoms with Gasteiger partial charge in [-0.15, -0.1) is 0 Å². The minimum absolute atomic E-state index is 0.0333. The molecule has 10 nitrogen and oxygen atoms in total. The summed E-state index contributed by atoms with van der Waals surface area (Å²) in [5.41, 5.74) is 5.70. The lowest BCUT2D eigenvalue weighted by Gasteiger charge is -2.21. The fourth-order valence-corrected chi connectivity index (χ4v) is 8.67. The number of aromatic nitrogens is 2. The van der Waals surface area contributed by atoms with Gasteiger partial charge in [-0.3, -0.25) is 15.1 Å². The first-order chi connectivity index (χ1) is 26.1. The Morgan fingerprint density at radius 3 is 2.56 bits per heavy atom. The van der Waals surface area contributed by atoms with Gasteiger partial charge >= 0.3 is 6.09 Å². The van der Waals surface area contributed by atoms with Gasteiger partial charge in [-0.25, -0.2) is 17.9 Å². The summed E-state index contributed by atoms with van der Waals surface area (Å²) >= 11 is 6.25. The molecule has 54 heavy (non-hydrogen) atoms. The largest absolute Gasteiger partial charge is 0.496 e. The van der Waals surface area contributed by atoms with E-state index in [0.29, 0.717) is 34.9 Å². The number of nitrogens with one attached hydrogen (secondary N) is 3. The monoisotopic (exact) mass is 764 g/mol. The molecule has 0 spiro atoms. The highest BCUT2D eigenvalue weighted by Crippen LogP contribution is 2.40. The lowest BCUT2D eigenvalue weighted by molar-refractivity contribution is 0.0980. The third kappa shape index (κ3) is 8.22. The van der Waals surface area contributed by atoms with E-state index in [9.17, 15) is 18.0 Å². The molecule has 1 atom stereocenters. The molecular weight excluding hydrogens is 724 g/mol. The van der Waals surface area contributed by atoms with Crippen LogP contribution in [-0.2, 0) is 21.2 Å². The Hall–Kier alpha value is -5.39. The number of carbonyl (C=O) groups is 2. The van der Waals surface area contributed by atoms with E-state index in [1.807, 2.05) is 60.8 Å². The molecule has 1 saturated carbocycles. The maximum absolute atomic E-state index is 13.4. The minimum Gasteiger partial charge on any atom is -0.496 e. The van der Waals surface area contributed by atoms with E-state index >= 15 is 0 Å².